The number of aromatic nitrogens is 1. The summed E-state index contributed by atoms with van der Waals surface area (Å²) in [7, 11) is 0. The Labute approximate surface area is 123 Å². The molecule has 1 aromatic carbocycles. The average molecular weight is 337 g/mol. The van der Waals surface area contributed by atoms with Crippen molar-refractivity contribution < 1.29 is 4.79 Å². The fourth-order valence-electron chi connectivity index (χ4n) is 1.42. The van der Waals surface area contributed by atoms with E-state index in [1.807, 2.05) is 6.07 Å². The number of hydrogen-bond donors (Lipinski definition) is 1. The highest BCUT2D eigenvalue weighted by Crippen LogP contribution is 2.21. The molecule has 0 bridgehead atoms. The predicted octanol–water partition coefficient (Wildman–Crippen LogP) is 3.62. The van der Waals surface area contributed by atoms with Gasteiger partial charge in [-0.3, -0.25) is 4.79 Å². The summed E-state index contributed by atoms with van der Waals surface area (Å²) in [4.78, 5) is 16.0. The zero-order valence-corrected chi connectivity index (χ0v) is 11.9. The number of nitrogens with zero attached hydrogens (tertiary/aromatic N) is 2. The average Bonchev–Trinajstić information content (AvgIpc) is 2.39. The lowest BCUT2D eigenvalue weighted by atomic mass is 10.2. The van der Waals surface area contributed by atoms with Crippen molar-refractivity contribution in [2.45, 2.75) is 0 Å². The maximum Gasteiger partial charge on any atom is 0.257 e. The number of nitrogens with one attached hydrogen (secondary N) is 1. The summed E-state index contributed by atoms with van der Waals surface area (Å²) < 4.78 is 0.643. The molecular formula is C13H7BrClN3O. The first-order valence-corrected chi connectivity index (χ1v) is 6.40. The fraction of sp³-hybridized carbons (Fsp3) is 0. The van der Waals surface area contributed by atoms with Gasteiger partial charge in [0, 0.05) is 11.2 Å². The van der Waals surface area contributed by atoms with Crippen LogP contribution in [0.1, 0.15) is 15.9 Å². The number of amides is 1. The minimum Gasteiger partial charge on any atom is -0.321 e. The van der Waals surface area contributed by atoms with E-state index >= 15 is 0 Å². The molecular weight excluding hydrogens is 330 g/mol. The highest BCUT2D eigenvalue weighted by Gasteiger charge is 2.10. The lowest BCUT2D eigenvalue weighted by Gasteiger charge is -2.07. The van der Waals surface area contributed by atoms with E-state index in [0.29, 0.717) is 26.4 Å². The van der Waals surface area contributed by atoms with Crippen LogP contribution in [0.2, 0.25) is 5.02 Å². The molecule has 0 aliphatic heterocycles. The lowest BCUT2D eigenvalue weighted by Crippen LogP contribution is -2.13. The predicted molar refractivity (Wildman–Crippen MR) is 76.1 cm³/mol. The van der Waals surface area contributed by atoms with Crippen molar-refractivity contribution in [3.05, 3.63) is 57.3 Å². The molecule has 0 atom stereocenters. The molecule has 1 N–H and O–H groups in total. The molecule has 2 aromatic rings. The monoisotopic (exact) mass is 335 g/mol. The van der Waals surface area contributed by atoms with Crippen LogP contribution in [0.3, 0.4) is 0 Å². The zero-order valence-electron chi connectivity index (χ0n) is 9.52. The molecule has 0 aliphatic rings. The minimum atomic E-state index is -0.348. The zero-order chi connectivity index (χ0) is 13.8. The van der Waals surface area contributed by atoms with Gasteiger partial charge in [-0.2, -0.15) is 5.26 Å². The molecule has 19 heavy (non-hydrogen) atoms. The van der Waals surface area contributed by atoms with Crippen molar-refractivity contribution in [3.63, 3.8) is 0 Å². The summed E-state index contributed by atoms with van der Waals surface area (Å²) in [6.45, 7) is 0. The molecule has 2 rings (SSSR count). The number of nitriles is 1. The largest absolute Gasteiger partial charge is 0.321 e. The van der Waals surface area contributed by atoms with Gasteiger partial charge >= 0.3 is 0 Å². The van der Waals surface area contributed by atoms with Crippen LogP contribution >= 0.6 is 27.5 Å². The molecule has 94 valence electrons. The smallest absolute Gasteiger partial charge is 0.257 e. The van der Waals surface area contributed by atoms with Gasteiger partial charge in [-0.1, -0.05) is 11.6 Å². The number of pyridine rings is 1. The van der Waals surface area contributed by atoms with Gasteiger partial charge in [0.1, 0.15) is 10.7 Å². The van der Waals surface area contributed by atoms with Crippen LogP contribution in [0.25, 0.3) is 0 Å². The summed E-state index contributed by atoms with van der Waals surface area (Å²) >= 11 is 9.04. The Morgan fingerprint density at radius 3 is 2.79 bits per heavy atom. The van der Waals surface area contributed by atoms with Crippen molar-refractivity contribution >= 4 is 39.1 Å². The van der Waals surface area contributed by atoms with Crippen molar-refractivity contribution in [3.8, 4) is 6.07 Å². The van der Waals surface area contributed by atoms with Gasteiger partial charge in [0.15, 0.2) is 0 Å². The fourth-order valence-corrected chi connectivity index (χ4v) is 1.83. The molecule has 0 saturated carbocycles. The second kappa shape index (κ2) is 5.83. The second-order valence-electron chi connectivity index (χ2n) is 3.63. The number of anilines is 1. The maximum absolute atomic E-state index is 12.0. The van der Waals surface area contributed by atoms with Crippen LogP contribution in [0.5, 0.6) is 0 Å². The first-order chi connectivity index (χ1) is 9.10. The summed E-state index contributed by atoms with van der Waals surface area (Å²) in [5.41, 5.74) is 1.12. The maximum atomic E-state index is 12.0. The Morgan fingerprint density at radius 2 is 2.16 bits per heavy atom. The molecule has 1 heterocycles. The third-order valence-corrected chi connectivity index (χ3v) is 3.04. The van der Waals surface area contributed by atoms with E-state index in [-0.39, 0.29) is 5.91 Å². The molecule has 0 saturated heterocycles. The number of halogens is 2. The molecule has 6 heteroatoms. The van der Waals surface area contributed by atoms with Crippen LogP contribution in [0.4, 0.5) is 5.69 Å². The molecule has 0 fully saturated rings. The molecule has 1 aromatic heterocycles. The standard InChI is InChI=1S/C13H7BrClN3O/c14-12-4-2-9(7-17-12)13(19)18-11-5-10(15)3-1-8(11)6-16/h1-5,7H,(H,18,19). The van der Waals surface area contributed by atoms with E-state index in [1.165, 1.54) is 12.3 Å². The Balaban J connectivity index is 2.26. The van der Waals surface area contributed by atoms with E-state index in [2.05, 4.69) is 26.2 Å². The third-order valence-electron chi connectivity index (χ3n) is 2.34. The SMILES string of the molecule is N#Cc1ccc(Cl)cc1NC(=O)c1ccc(Br)nc1. The first kappa shape index (κ1) is 13.5. The van der Waals surface area contributed by atoms with E-state index in [9.17, 15) is 4.79 Å². The number of benzene rings is 1. The molecule has 0 radical (unpaired) electrons. The third kappa shape index (κ3) is 3.31. The van der Waals surface area contributed by atoms with E-state index in [0.717, 1.165) is 0 Å². The lowest BCUT2D eigenvalue weighted by molar-refractivity contribution is 0.102. The van der Waals surface area contributed by atoms with Crippen molar-refractivity contribution in [2.24, 2.45) is 0 Å². The number of rotatable bonds is 2. The quantitative estimate of drug-likeness (QED) is 0.852. The van der Waals surface area contributed by atoms with Crippen molar-refractivity contribution in [1.82, 2.24) is 4.98 Å². The topological polar surface area (TPSA) is 65.8 Å². The van der Waals surface area contributed by atoms with Crippen LogP contribution < -0.4 is 5.32 Å². The van der Waals surface area contributed by atoms with Crippen LogP contribution in [0, 0.1) is 11.3 Å². The Morgan fingerprint density at radius 1 is 1.37 bits per heavy atom. The molecule has 1 amide bonds. The van der Waals surface area contributed by atoms with Crippen molar-refractivity contribution in [1.29, 1.82) is 5.26 Å². The Hall–Kier alpha value is -1.90. The molecule has 0 aliphatic carbocycles. The Kier molecular flexibility index (Phi) is 4.15. The summed E-state index contributed by atoms with van der Waals surface area (Å²) in [5.74, 6) is -0.348. The number of carbonyl (C=O) groups is 1. The molecule has 0 spiro atoms. The summed E-state index contributed by atoms with van der Waals surface area (Å²) in [6, 6.07) is 9.96. The van der Waals surface area contributed by atoms with Gasteiger partial charge in [0.25, 0.3) is 5.91 Å². The molecule has 4 nitrogen and oxygen atoms in total. The summed E-state index contributed by atoms with van der Waals surface area (Å²) in [5, 5.41) is 12.1. The normalized spacial score (nSPS) is 9.74. The van der Waals surface area contributed by atoms with Crippen LogP contribution in [-0.4, -0.2) is 10.9 Å². The van der Waals surface area contributed by atoms with Gasteiger partial charge in [-0.05, 0) is 46.3 Å². The van der Waals surface area contributed by atoms with Crippen LogP contribution in [-0.2, 0) is 0 Å². The van der Waals surface area contributed by atoms with Gasteiger partial charge in [0.2, 0.25) is 0 Å². The highest BCUT2D eigenvalue weighted by molar-refractivity contribution is 9.10. The minimum absolute atomic E-state index is 0.348. The summed E-state index contributed by atoms with van der Waals surface area (Å²) in [6.07, 6.45) is 1.44. The van der Waals surface area contributed by atoms with Gasteiger partial charge in [0.05, 0.1) is 16.8 Å². The number of hydrogen-bond acceptors (Lipinski definition) is 3. The number of carbonyl (C=O) groups excluding carboxylic acids is 1. The van der Waals surface area contributed by atoms with Crippen molar-refractivity contribution in [2.75, 3.05) is 5.32 Å². The first-order valence-electron chi connectivity index (χ1n) is 5.22. The van der Waals surface area contributed by atoms with Gasteiger partial charge < -0.3 is 5.32 Å². The second-order valence-corrected chi connectivity index (χ2v) is 4.87. The van der Waals surface area contributed by atoms with E-state index in [1.54, 1.807) is 24.3 Å². The van der Waals surface area contributed by atoms with Gasteiger partial charge in [-0.25, -0.2) is 4.98 Å². The van der Waals surface area contributed by atoms with Crippen LogP contribution in [0.15, 0.2) is 41.1 Å². The highest BCUT2D eigenvalue weighted by atomic mass is 79.9. The van der Waals surface area contributed by atoms with E-state index in [4.69, 9.17) is 16.9 Å². The Bertz CT molecular complexity index is 665. The van der Waals surface area contributed by atoms with E-state index < -0.39 is 0 Å². The molecule has 0 unspecified atom stereocenters. The van der Waals surface area contributed by atoms with Gasteiger partial charge in [-0.15, -0.1) is 0 Å².